The van der Waals surface area contributed by atoms with Crippen molar-refractivity contribution in [2.75, 3.05) is 7.05 Å². The maximum absolute atomic E-state index is 13.2. The van der Waals surface area contributed by atoms with Crippen LogP contribution in [0.5, 0.6) is 0 Å². The molecule has 102 valence electrons. The maximum atomic E-state index is 13.2. The van der Waals surface area contributed by atoms with E-state index in [0.717, 1.165) is 24.8 Å². The van der Waals surface area contributed by atoms with E-state index in [1.54, 1.807) is 17.4 Å². The molecule has 19 heavy (non-hydrogen) atoms. The molecule has 1 aromatic heterocycles. The number of hydrogen-bond donors (Lipinski definition) is 1. The standard InChI is InChI=1S/C13H11Br2F2NS/c1-18-11(8-6-12(14)19-13(8)15)5-7-2-3-9(16)10(17)4-7/h2-4,6,11,18H,5H2,1H3. The topological polar surface area (TPSA) is 12.0 Å². The molecule has 0 saturated carbocycles. The van der Waals surface area contributed by atoms with Gasteiger partial charge >= 0.3 is 0 Å². The van der Waals surface area contributed by atoms with Gasteiger partial charge in [-0.1, -0.05) is 6.07 Å². The molecule has 1 nitrogen and oxygen atoms in total. The summed E-state index contributed by atoms with van der Waals surface area (Å²) in [5.41, 5.74) is 1.86. The van der Waals surface area contributed by atoms with Gasteiger partial charge in [-0.25, -0.2) is 8.78 Å². The third-order valence-electron chi connectivity index (χ3n) is 2.83. The van der Waals surface area contributed by atoms with Gasteiger partial charge in [0.2, 0.25) is 0 Å². The highest BCUT2D eigenvalue weighted by Gasteiger charge is 2.17. The molecule has 1 unspecified atom stereocenters. The normalized spacial score (nSPS) is 12.7. The number of benzene rings is 1. The van der Waals surface area contributed by atoms with E-state index in [-0.39, 0.29) is 6.04 Å². The zero-order valence-electron chi connectivity index (χ0n) is 10.0. The largest absolute Gasteiger partial charge is 0.313 e. The molecule has 1 N–H and O–H groups in total. The number of halogens is 4. The highest BCUT2D eigenvalue weighted by molar-refractivity contribution is 9.12. The van der Waals surface area contributed by atoms with E-state index in [9.17, 15) is 8.78 Å². The number of likely N-dealkylation sites (N-methyl/N-ethyl adjacent to an activating group) is 1. The lowest BCUT2D eigenvalue weighted by Gasteiger charge is -2.16. The maximum Gasteiger partial charge on any atom is 0.159 e. The molecule has 0 bridgehead atoms. The SMILES string of the molecule is CNC(Cc1ccc(F)c(F)c1)c1cc(Br)sc1Br. The van der Waals surface area contributed by atoms with Gasteiger partial charge in [-0.2, -0.15) is 0 Å². The van der Waals surface area contributed by atoms with Gasteiger partial charge in [-0.3, -0.25) is 0 Å². The predicted octanol–water partition coefficient (Wildman–Crippen LogP) is 5.05. The van der Waals surface area contributed by atoms with Crippen molar-refractivity contribution in [1.82, 2.24) is 5.32 Å². The van der Waals surface area contributed by atoms with E-state index in [1.807, 2.05) is 13.1 Å². The highest BCUT2D eigenvalue weighted by Crippen LogP contribution is 2.36. The van der Waals surface area contributed by atoms with Crippen LogP contribution in [-0.2, 0) is 6.42 Å². The lowest BCUT2D eigenvalue weighted by atomic mass is 10.0. The lowest BCUT2D eigenvalue weighted by molar-refractivity contribution is 0.504. The van der Waals surface area contributed by atoms with Crippen LogP contribution in [0, 0.1) is 11.6 Å². The molecule has 1 heterocycles. The number of hydrogen-bond acceptors (Lipinski definition) is 2. The molecular weight excluding hydrogens is 400 g/mol. The fourth-order valence-corrected chi connectivity index (χ4v) is 4.83. The molecule has 0 fully saturated rings. The number of rotatable bonds is 4. The van der Waals surface area contributed by atoms with Gasteiger partial charge in [0, 0.05) is 6.04 Å². The zero-order chi connectivity index (χ0) is 14.0. The van der Waals surface area contributed by atoms with Gasteiger partial charge in [0.1, 0.15) is 0 Å². The Morgan fingerprint density at radius 2 is 1.95 bits per heavy atom. The van der Waals surface area contributed by atoms with Crippen LogP contribution in [0.1, 0.15) is 17.2 Å². The Morgan fingerprint density at radius 3 is 2.47 bits per heavy atom. The first kappa shape index (κ1) is 15.1. The summed E-state index contributed by atoms with van der Waals surface area (Å²) < 4.78 is 28.2. The molecule has 0 saturated heterocycles. The minimum atomic E-state index is -0.816. The Hall–Kier alpha value is -0.300. The summed E-state index contributed by atoms with van der Waals surface area (Å²) in [5.74, 6) is -1.62. The Labute approximate surface area is 131 Å². The van der Waals surface area contributed by atoms with E-state index >= 15 is 0 Å². The fraction of sp³-hybridized carbons (Fsp3) is 0.231. The van der Waals surface area contributed by atoms with Gasteiger partial charge in [-0.15, -0.1) is 11.3 Å². The molecule has 6 heteroatoms. The number of nitrogens with one attached hydrogen (secondary N) is 1. The minimum absolute atomic E-state index is 0.0433. The molecule has 0 aliphatic heterocycles. The highest BCUT2D eigenvalue weighted by atomic mass is 79.9. The van der Waals surface area contributed by atoms with Crippen molar-refractivity contribution in [3.05, 3.63) is 54.6 Å². The van der Waals surface area contributed by atoms with Crippen LogP contribution in [0.25, 0.3) is 0 Å². The first-order valence-electron chi connectivity index (χ1n) is 5.57. The summed E-state index contributed by atoms with van der Waals surface area (Å²) in [6, 6.07) is 6.08. The quantitative estimate of drug-likeness (QED) is 0.743. The second-order valence-electron chi connectivity index (χ2n) is 4.07. The average Bonchev–Trinajstić information content (AvgIpc) is 2.70. The van der Waals surface area contributed by atoms with Crippen LogP contribution < -0.4 is 5.32 Å². The lowest BCUT2D eigenvalue weighted by Crippen LogP contribution is -2.18. The van der Waals surface area contributed by atoms with Crippen molar-refractivity contribution >= 4 is 43.2 Å². The van der Waals surface area contributed by atoms with Crippen LogP contribution in [0.2, 0.25) is 0 Å². The minimum Gasteiger partial charge on any atom is -0.313 e. The third-order valence-corrected chi connectivity index (χ3v) is 5.22. The zero-order valence-corrected chi connectivity index (χ0v) is 14.0. The van der Waals surface area contributed by atoms with Gasteiger partial charge in [0.25, 0.3) is 0 Å². The van der Waals surface area contributed by atoms with Crippen LogP contribution in [0.3, 0.4) is 0 Å². The summed E-state index contributed by atoms with van der Waals surface area (Å²) in [7, 11) is 1.85. The molecule has 0 radical (unpaired) electrons. The second-order valence-corrected chi connectivity index (χ2v) is 7.82. The average molecular weight is 411 g/mol. The monoisotopic (exact) mass is 409 g/mol. The Balaban J connectivity index is 2.23. The van der Waals surface area contributed by atoms with Gasteiger partial charge in [0.15, 0.2) is 11.6 Å². The van der Waals surface area contributed by atoms with Crippen molar-refractivity contribution in [1.29, 1.82) is 0 Å². The summed E-state index contributed by atoms with van der Waals surface area (Å²) in [6.45, 7) is 0. The molecule has 0 amide bonds. The Kier molecular flexibility index (Phi) is 5.11. The smallest absolute Gasteiger partial charge is 0.159 e. The molecule has 0 spiro atoms. The van der Waals surface area contributed by atoms with E-state index < -0.39 is 11.6 Å². The van der Waals surface area contributed by atoms with Crippen LogP contribution >= 0.6 is 43.2 Å². The van der Waals surface area contributed by atoms with Crippen LogP contribution in [0.4, 0.5) is 8.78 Å². The van der Waals surface area contributed by atoms with E-state index in [0.29, 0.717) is 6.42 Å². The summed E-state index contributed by atoms with van der Waals surface area (Å²) >= 11 is 8.54. The molecule has 1 aromatic carbocycles. The Morgan fingerprint density at radius 1 is 1.21 bits per heavy atom. The summed E-state index contributed by atoms with van der Waals surface area (Å²) in [4.78, 5) is 0. The molecule has 2 rings (SSSR count). The first-order chi connectivity index (χ1) is 9.01. The molecular formula is C13H11Br2F2NS. The van der Waals surface area contributed by atoms with Crippen molar-refractivity contribution in [3.8, 4) is 0 Å². The van der Waals surface area contributed by atoms with Crippen LogP contribution in [0.15, 0.2) is 31.8 Å². The van der Waals surface area contributed by atoms with Gasteiger partial charge in [-0.05, 0) is 74.7 Å². The van der Waals surface area contributed by atoms with Crippen molar-refractivity contribution < 1.29 is 8.78 Å². The third kappa shape index (κ3) is 3.62. The van der Waals surface area contributed by atoms with E-state index in [2.05, 4.69) is 37.2 Å². The van der Waals surface area contributed by atoms with Gasteiger partial charge < -0.3 is 5.32 Å². The Bertz CT molecular complexity index is 586. The second kappa shape index (κ2) is 6.43. The summed E-state index contributed by atoms with van der Waals surface area (Å²) in [5, 5.41) is 3.19. The van der Waals surface area contributed by atoms with E-state index in [4.69, 9.17) is 0 Å². The predicted molar refractivity (Wildman–Crippen MR) is 81.6 cm³/mol. The van der Waals surface area contributed by atoms with Crippen molar-refractivity contribution in [2.45, 2.75) is 12.5 Å². The van der Waals surface area contributed by atoms with Crippen molar-refractivity contribution in [2.24, 2.45) is 0 Å². The number of thiophene rings is 1. The molecule has 2 aromatic rings. The molecule has 1 atom stereocenters. The first-order valence-corrected chi connectivity index (χ1v) is 7.97. The van der Waals surface area contributed by atoms with E-state index in [1.165, 1.54) is 6.07 Å². The molecule has 0 aliphatic carbocycles. The van der Waals surface area contributed by atoms with Gasteiger partial charge in [0.05, 0.1) is 7.57 Å². The fourth-order valence-electron chi connectivity index (χ4n) is 1.86. The van der Waals surface area contributed by atoms with Crippen LogP contribution in [-0.4, -0.2) is 7.05 Å². The summed E-state index contributed by atoms with van der Waals surface area (Å²) in [6.07, 6.45) is 0.593. The molecule has 0 aliphatic rings. The van der Waals surface area contributed by atoms with Crippen molar-refractivity contribution in [3.63, 3.8) is 0 Å².